The van der Waals surface area contributed by atoms with Gasteiger partial charge in [-0.05, 0) is 61.4 Å². The zero-order chi connectivity index (χ0) is 23.3. The van der Waals surface area contributed by atoms with Crippen LogP contribution >= 0.6 is 0 Å². The van der Waals surface area contributed by atoms with Crippen LogP contribution in [0.15, 0.2) is 60.9 Å². The molecule has 0 unspecified atom stereocenters. The van der Waals surface area contributed by atoms with Gasteiger partial charge in [0, 0.05) is 55.1 Å². The minimum atomic E-state index is -0.272. The number of morpholine rings is 1. The van der Waals surface area contributed by atoms with Crippen molar-refractivity contribution in [3.05, 3.63) is 66.7 Å². The predicted molar refractivity (Wildman–Crippen MR) is 130 cm³/mol. The van der Waals surface area contributed by atoms with Crippen molar-refractivity contribution in [1.82, 2.24) is 9.97 Å². The van der Waals surface area contributed by atoms with Gasteiger partial charge in [0.1, 0.15) is 18.0 Å². The number of anilines is 3. The maximum Gasteiger partial charge on any atom is 0.227 e. The summed E-state index contributed by atoms with van der Waals surface area (Å²) < 4.78 is 18.6. The topological polar surface area (TPSA) is 70.6 Å². The molecule has 2 saturated heterocycles. The first-order valence-electron chi connectivity index (χ1n) is 11.7. The molecule has 5 rings (SSSR count). The van der Waals surface area contributed by atoms with Crippen molar-refractivity contribution in [2.75, 3.05) is 54.5 Å². The third-order valence-electron chi connectivity index (χ3n) is 6.49. The SMILES string of the molecule is O=C(Nc1ccc(N2CCOCC2)cc1)C1CCN(c2cc(-c3ccc(F)cc3)ncn2)CC1. The molecule has 1 amide bonds. The van der Waals surface area contributed by atoms with Crippen LogP contribution in [-0.2, 0) is 9.53 Å². The van der Waals surface area contributed by atoms with E-state index in [2.05, 4.69) is 37.2 Å². The van der Waals surface area contributed by atoms with Gasteiger partial charge in [0.05, 0.1) is 18.9 Å². The molecule has 0 spiro atoms. The molecule has 3 heterocycles. The number of rotatable bonds is 5. The quantitative estimate of drug-likeness (QED) is 0.620. The standard InChI is InChI=1S/C26H28FN5O2/c27-21-3-1-19(2-4-21)24-17-25(29-18-28-24)32-11-9-20(10-12-32)26(33)30-22-5-7-23(8-6-22)31-13-15-34-16-14-31/h1-8,17-18,20H,9-16H2,(H,30,33). The zero-order valence-corrected chi connectivity index (χ0v) is 19.0. The number of hydrogen-bond acceptors (Lipinski definition) is 6. The first-order chi connectivity index (χ1) is 16.7. The van der Waals surface area contributed by atoms with Gasteiger partial charge in [-0.25, -0.2) is 14.4 Å². The van der Waals surface area contributed by atoms with Crippen molar-refractivity contribution < 1.29 is 13.9 Å². The Bertz CT molecular complexity index is 1110. The molecule has 0 saturated carbocycles. The van der Waals surface area contributed by atoms with E-state index in [-0.39, 0.29) is 17.6 Å². The number of carbonyl (C=O) groups is 1. The van der Waals surface area contributed by atoms with Crippen LogP contribution in [0, 0.1) is 11.7 Å². The van der Waals surface area contributed by atoms with Crippen molar-refractivity contribution in [1.29, 1.82) is 0 Å². The number of amides is 1. The van der Waals surface area contributed by atoms with Gasteiger partial charge in [-0.1, -0.05) is 0 Å². The summed E-state index contributed by atoms with van der Waals surface area (Å²) in [6.07, 6.45) is 3.05. The van der Waals surface area contributed by atoms with E-state index in [9.17, 15) is 9.18 Å². The van der Waals surface area contributed by atoms with Crippen LogP contribution < -0.4 is 15.1 Å². The summed E-state index contributed by atoms with van der Waals surface area (Å²) in [5.41, 5.74) is 3.58. The Kier molecular flexibility index (Phi) is 6.67. The highest BCUT2D eigenvalue weighted by Crippen LogP contribution is 2.26. The summed E-state index contributed by atoms with van der Waals surface area (Å²) in [5.74, 6) is 0.584. The Balaban J connectivity index is 1.16. The van der Waals surface area contributed by atoms with E-state index in [1.165, 1.54) is 18.5 Å². The number of piperidine rings is 1. The van der Waals surface area contributed by atoms with Crippen LogP contribution in [0.3, 0.4) is 0 Å². The second kappa shape index (κ2) is 10.2. The van der Waals surface area contributed by atoms with Crippen LogP contribution in [0.2, 0.25) is 0 Å². The second-order valence-corrected chi connectivity index (χ2v) is 8.67. The van der Waals surface area contributed by atoms with Crippen molar-refractivity contribution in [2.24, 2.45) is 5.92 Å². The first kappa shape index (κ1) is 22.3. The molecule has 0 bridgehead atoms. The molecule has 1 N–H and O–H groups in total. The summed E-state index contributed by atoms with van der Waals surface area (Å²) in [6, 6.07) is 16.2. The Morgan fingerprint density at radius 3 is 2.32 bits per heavy atom. The number of nitrogens with one attached hydrogen (secondary N) is 1. The van der Waals surface area contributed by atoms with Gasteiger partial charge in [-0.15, -0.1) is 0 Å². The summed E-state index contributed by atoms with van der Waals surface area (Å²) in [5, 5.41) is 3.07. The Labute approximate surface area is 198 Å². The number of ether oxygens (including phenoxy) is 1. The molecule has 7 nitrogen and oxygen atoms in total. The molecular weight excluding hydrogens is 433 g/mol. The summed E-state index contributed by atoms with van der Waals surface area (Å²) in [7, 11) is 0. The molecule has 2 aliphatic rings. The fourth-order valence-corrected chi connectivity index (χ4v) is 4.49. The number of benzene rings is 2. The molecule has 2 aromatic carbocycles. The number of aromatic nitrogens is 2. The average Bonchev–Trinajstić information content (AvgIpc) is 2.90. The Morgan fingerprint density at radius 2 is 1.62 bits per heavy atom. The smallest absolute Gasteiger partial charge is 0.227 e. The Hall–Kier alpha value is -3.52. The molecule has 3 aromatic rings. The number of halogens is 1. The van der Waals surface area contributed by atoms with E-state index in [1.807, 2.05) is 18.2 Å². The Morgan fingerprint density at radius 1 is 0.912 bits per heavy atom. The summed E-state index contributed by atoms with van der Waals surface area (Å²) in [6.45, 7) is 4.77. The minimum Gasteiger partial charge on any atom is -0.378 e. The lowest BCUT2D eigenvalue weighted by Gasteiger charge is -2.32. The van der Waals surface area contributed by atoms with E-state index in [4.69, 9.17) is 4.74 Å². The van der Waals surface area contributed by atoms with Gasteiger partial charge in [-0.3, -0.25) is 4.79 Å². The van der Waals surface area contributed by atoms with Gasteiger partial charge in [0.25, 0.3) is 0 Å². The highest BCUT2D eigenvalue weighted by atomic mass is 19.1. The minimum absolute atomic E-state index is 0.0337. The predicted octanol–water partition coefficient (Wildman–Crippen LogP) is 3.97. The summed E-state index contributed by atoms with van der Waals surface area (Å²) in [4.78, 5) is 26.1. The van der Waals surface area contributed by atoms with Crippen LogP contribution in [0.1, 0.15) is 12.8 Å². The number of carbonyl (C=O) groups excluding carboxylic acids is 1. The molecule has 0 aliphatic carbocycles. The number of nitrogens with zero attached hydrogens (tertiary/aromatic N) is 4. The fourth-order valence-electron chi connectivity index (χ4n) is 4.49. The van der Waals surface area contributed by atoms with E-state index in [0.717, 1.165) is 80.7 Å². The molecule has 2 aliphatic heterocycles. The molecule has 34 heavy (non-hydrogen) atoms. The lowest BCUT2D eigenvalue weighted by Crippen LogP contribution is -2.38. The molecule has 0 atom stereocenters. The second-order valence-electron chi connectivity index (χ2n) is 8.67. The monoisotopic (exact) mass is 461 g/mol. The van der Waals surface area contributed by atoms with Crippen molar-refractivity contribution in [2.45, 2.75) is 12.8 Å². The third kappa shape index (κ3) is 5.17. The normalized spacial score (nSPS) is 17.0. The highest BCUT2D eigenvalue weighted by molar-refractivity contribution is 5.92. The van der Waals surface area contributed by atoms with Crippen LogP contribution in [0.5, 0.6) is 0 Å². The third-order valence-corrected chi connectivity index (χ3v) is 6.49. The van der Waals surface area contributed by atoms with Crippen LogP contribution in [-0.4, -0.2) is 55.3 Å². The maximum absolute atomic E-state index is 13.2. The van der Waals surface area contributed by atoms with E-state index in [1.54, 1.807) is 12.1 Å². The van der Waals surface area contributed by atoms with Crippen LogP contribution in [0.4, 0.5) is 21.6 Å². The molecule has 1 aromatic heterocycles. The molecule has 0 radical (unpaired) electrons. The average molecular weight is 462 g/mol. The molecule has 2 fully saturated rings. The van der Waals surface area contributed by atoms with Crippen molar-refractivity contribution in [3.63, 3.8) is 0 Å². The summed E-state index contributed by atoms with van der Waals surface area (Å²) >= 11 is 0. The van der Waals surface area contributed by atoms with Crippen molar-refractivity contribution in [3.8, 4) is 11.3 Å². The van der Waals surface area contributed by atoms with Gasteiger partial charge < -0.3 is 19.9 Å². The van der Waals surface area contributed by atoms with Crippen LogP contribution in [0.25, 0.3) is 11.3 Å². The fraction of sp³-hybridized carbons (Fsp3) is 0.346. The van der Waals surface area contributed by atoms with Crippen molar-refractivity contribution >= 4 is 23.1 Å². The molecular formula is C26H28FN5O2. The lowest BCUT2D eigenvalue weighted by molar-refractivity contribution is -0.120. The van der Waals surface area contributed by atoms with E-state index >= 15 is 0 Å². The first-order valence-corrected chi connectivity index (χ1v) is 11.7. The maximum atomic E-state index is 13.2. The molecule has 176 valence electrons. The number of hydrogen-bond donors (Lipinski definition) is 1. The zero-order valence-electron chi connectivity index (χ0n) is 19.0. The van der Waals surface area contributed by atoms with Gasteiger partial charge in [0.15, 0.2) is 0 Å². The van der Waals surface area contributed by atoms with E-state index in [0.29, 0.717) is 0 Å². The molecule has 8 heteroatoms. The lowest BCUT2D eigenvalue weighted by atomic mass is 9.95. The van der Waals surface area contributed by atoms with Gasteiger partial charge in [-0.2, -0.15) is 0 Å². The van der Waals surface area contributed by atoms with Gasteiger partial charge >= 0.3 is 0 Å². The largest absolute Gasteiger partial charge is 0.378 e. The van der Waals surface area contributed by atoms with E-state index < -0.39 is 0 Å². The van der Waals surface area contributed by atoms with Gasteiger partial charge in [0.2, 0.25) is 5.91 Å². The highest BCUT2D eigenvalue weighted by Gasteiger charge is 2.26.